The number of guanidine groups is 1. The molecule has 0 atom stereocenters. The Morgan fingerprint density at radius 1 is 1.21 bits per heavy atom. The molecule has 1 aliphatic rings. The van der Waals surface area contributed by atoms with Gasteiger partial charge in [0.1, 0.15) is 5.75 Å². The molecule has 2 aromatic rings. The highest BCUT2D eigenvalue weighted by atomic mass is 32.1. The van der Waals surface area contributed by atoms with Crippen molar-refractivity contribution in [3.8, 4) is 5.75 Å². The number of aromatic nitrogens is 1. The lowest BCUT2D eigenvalue weighted by Gasteiger charge is -2.38. The van der Waals surface area contributed by atoms with Gasteiger partial charge in [-0.25, -0.2) is 4.98 Å². The minimum absolute atomic E-state index is 0.0334. The van der Waals surface area contributed by atoms with Gasteiger partial charge in [-0.05, 0) is 44.4 Å². The molecule has 6 nitrogen and oxygen atoms in total. The second kappa shape index (κ2) is 10.1. The van der Waals surface area contributed by atoms with Crippen LogP contribution in [0.4, 0.5) is 0 Å². The molecule has 3 rings (SSSR count). The normalized spacial score (nSPS) is 16.5. The van der Waals surface area contributed by atoms with E-state index in [2.05, 4.69) is 46.6 Å². The van der Waals surface area contributed by atoms with Gasteiger partial charge in [0.15, 0.2) is 5.96 Å². The summed E-state index contributed by atoms with van der Waals surface area (Å²) in [6.45, 7) is 7.38. The van der Waals surface area contributed by atoms with Crippen LogP contribution in [0, 0.1) is 13.8 Å². The van der Waals surface area contributed by atoms with Crippen LogP contribution in [-0.4, -0.2) is 51.4 Å². The summed E-state index contributed by atoms with van der Waals surface area (Å²) in [6.07, 6.45) is 2.87. The van der Waals surface area contributed by atoms with E-state index in [4.69, 9.17) is 9.47 Å². The fraction of sp³-hybridized carbons (Fsp3) is 0.545. The monoisotopic (exact) mass is 416 g/mol. The van der Waals surface area contributed by atoms with E-state index in [-0.39, 0.29) is 5.41 Å². The van der Waals surface area contributed by atoms with Gasteiger partial charge >= 0.3 is 0 Å². The van der Waals surface area contributed by atoms with E-state index in [1.54, 1.807) is 18.4 Å². The van der Waals surface area contributed by atoms with Gasteiger partial charge in [-0.15, -0.1) is 11.3 Å². The van der Waals surface area contributed by atoms with Gasteiger partial charge in [-0.2, -0.15) is 0 Å². The zero-order chi connectivity index (χ0) is 20.7. The van der Waals surface area contributed by atoms with Gasteiger partial charge in [0.2, 0.25) is 0 Å². The Labute approximate surface area is 177 Å². The quantitative estimate of drug-likeness (QED) is 0.536. The molecule has 1 aromatic carbocycles. The van der Waals surface area contributed by atoms with Crippen LogP contribution in [-0.2, 0) is 16.6 Å². The first-order valence-corrected chi connectivity index (χ1v) is 11.0. The number of nitrogens with zero attached hydrogens (tertiary/aromatic N) is 2. The Kier molecular flexibility index (Phi) is 7.50. The first-order chi connectivity index (χ1) is 14.1. The number of thiazole rings is 1. The first-order valence-electron chi connectivity index (χ1n) is 10.2. The zero-order valence-corrected chi connectivity index (χ0v) is 18.7. The number of benzene rings is 1. The minimum atomic E-state index is 0.0334. The summed E-state index contributed by atoms with van der Waals surface area (Å²) in [5, 5.41) is 8.14. The molecule has 0 radical (unpaired) electrons. The highest BCUT2D eigenvalue weighted by molar-refractivity contribution is 7.11. The number of ether oxygens (including phenoxy) is 2. The fourth-order valence-electron chi connectivity index (χ4n) is 3.68. The van der Waals surface area contributed by atoms with Crippen molar-refractivity contribution in [1.29, 1.82) is 0 Å². The second-order valence-corrected chi connectivity index (χ2v) is 8.76. The first kappa shape index (κ1) is 21.6. The SMILES string of the molecule is CN=C(NCCc1nc(C)c(C)s1)NCC1(c2ccc(OC)cc2)CCOCC1. The van der Waals surface area contributed by atoms with Crippen LogP contribution < -0.4 is 15.4 Å². The molecule has 0 spiro atoms. The number of aryl methyl sites for hydroxylation is 2. The van der Waals surface area contributed by atoms with Crippen LogP contribution in [0.3, 0.4) is 0 Å². The van der Waals surface area contributed by atoms with E-state index < -0.39 is 0 Å². The lowest BCUT2D eigenvalue weighted by atomic mass is 9.74. The Balaban J connectivity index is 1.59. The third-order valence-electron chi connectivity index (χ3n) is 5.67. The topological polar surface area (TPSA) is 67.8 Å². The molecule has 158 valence electrons. The molecule has 0 saturated carbocycles. The summed E-state index contributed by atoms with van der Waals surface area (Å²) in [7, 11) is 3.52. The predicted molar refractivity (Wildman–Crippen MR) is 119 cm³/mol. The maximum atomic E-state index is 5.65. The highest BCUT2D eigenvalue weighted by Crippen LogP contribution is 2.35. The molecule has 1 aromatic heterocycles. The minimum Gasteiger partial charge on any atom is -0.497 e. The van der Waals surface area contributed by atoms with E-state index in [0.29, 0.717) is 0 Å². The molecule has 0 aliphatic carbocycles. The summed E-state index contributed by atoms with van der Waals surface area (Å²) < 4.78 is 11.0. The van der Waals surface area contributed by atoms with Gasteiger partial charge in [0, 0.05) is 50.1 Å². The molecule has 7 heteroatoms. The number of rotatable bonds is 7. The van der Waals surface area contributed by atoms with E-state index in [1.165, 1.54) is 15.4 Å². The number of methoxy groups -OCH3 is 1. The van der Waals surface area contributed by atoms with Crippen LogP contribution >= 0.6 is 11.3 Å². The van der Waals surface area contributed by atoms with Crippen molar-refractivity contribution < 1.29 is 9.47 Å². The van der Waals surface area contributed by atoms with Crippen molar-refractivity contribution in [3.63, 3.8) is 0 Å². The molecule has 1 fully saturated rings. The molecule has 0 bridgehead atoms. The summed E-state index contributed by atoms with van der Waals surface area (Å²) in [5.41, 5.74) is 2.48. The van der Waals surface area contributed by atoms with Crippen molar-refractivity contribution in [1.82, 2.24) is 15.6 Å². The van der Waals surface area contributed by atoms with E-state index in [9.17, 15) is 0 Å². The summed E-state index contributed by atoms with van der Waals surface area (Å²) in [4.78, 5) is 10.3. The maximum Gasteiger partial charge on any atom is 0.191 e. The Morgan fingerprint density at radius 3 is 2.52 bits per heavy atom. The highest BCUT2D eigenvalue weighted by Gasteiger charge is 2.34. The van der Waals surface area contributed by atoms with Crippen LogP contribution in [0.5, 0.6) is 5.75 Å². The summed E-state index contributed by atoms with van der Waals surface area (Å²) >= 11 is 1.77. The third-order valence-corrected chi connectivity index (χ3v) is 6.81. The fourth-order valence-corrected chi connectivity index (χ4v) is 4.62. The van der Waals surface area contributed by atoms with E-state index in [0.717, 1.165) is 63.0 Å². The van der Waals surface area contributed by atoms with Gasteiger partial charge in [0.25, 0.3) is 0 Å². The molecule has 29 heavy (non-hydrogen) atoms. The van der Waals surface area contributed by atoms with Crippen LogP contribution in [0.15, 0.2) is 29.3 Å². The molecule has 2 heterocycles. The third kappa shape index (κ3) is 5.48. The summed E-state index contributed by atoms with van der Waals surface area (Å²) in [5.74, 6) is 1.71. The largest absolute Gasteiger partial charge is 0.497 e. The Hall–Kier alpha value is -2.12. The van der Waals surface area contributed by atoms with Crippen molar-refractivity contribution in [2.24, 2.45) is 4.99 Å². The number of nitrogens with one attached hydrogen (secondary N) is 2. The Morgan fingerprint density at radius 2 is 1.93 bits per heavy atom. The molecule has 1 aliphatic heterocycles. The number of aliphatic imine (C=N–C) groups is 1. The van der Waals surface area contributed by atoms with Crippen LogP contribution in [0.2, 0.25) is 0 Å². The summed E-state index contributed by atoms with van der Waals surface area (Å²) in [6, 6.07) is 8.43. The smallest absolute Gasteiger partial charge is 0.191 e. The van der Waals surface area contributed by atoms with Crippen molar-refractivity contribution in [3.05, 3.63) is 45.4 Å². The van der Waals surface area contributed by atoms with Crippen molar-refractivity contribution >= 4 is 17.3 Å². The lowest BCUT2D eigenvalue weighted by Crippen LogP contribution is -2.48. The molecule has 2 N–H and O–H groups in total. The second-order valence-electron chi connectivity index (χ2n) is 7.47. The number of hydrogen-bond acceptors (Lipinski definition) is 5. The van der Waals surface area contributed by atoms with E-state index in [1.807, 2.05) is 19.2 Å². The molecule has 1 saturated heterocycles. The van der Waals surface area contributed by atoms with Gasteiger partial charge in [-0.3, -0.25) is 4.99 Å². The molecule has 0 amide bonds. The predicted octanol–water partition coefficient (Wildman–Crippen LogP) is 3.22. The van der Waals surface area contributed by atoms with Crippen LogP contribution in [0.25, 0.3) is 0 Å². The maximum absolute atomic E-state index is 5.65. The van der Waals surface area contributed by atoms with Crippen molar-refractivity contribution in [2.75, 3.05) is 40.5 Å². The van der Waals surface area contributed by atoms with Gasteiger partial charge in [-0.1, -0.05) is 12.1 Å². The lowest BCUT2D eigenvalue weighted by molar-refractivity contribution is 0.0513. The zero-order valence-electron chi connectivity index (χ0n) is 17.9. The standard InChI is InChI=1S/C22H32N4O2S/c1-16-17(2)29-20(26-16)9-12-24-21(23-3)25-15-22(10-13-28-14-11-22)18-5-7-19(27-4)8-6-18/h5-8H,9-15H2,1-4H3,(H2,23,24,25). The Bertz CT molecular complexity index is 791. The van der Waals surface area contributed by atoms with Gasteiger partial charge in [0.05, 0.1) is 17.8 Å². The molecule has 0 unspecified atom stereocenters. The van der Waals surface area contributed by atoms with Gasteiger partial charge < -0.3 is 20.1 Å². The van der Waals surface area contributed by atoms with E-state index >= 15 is 0 Å². The average Bonchev–Trinajstić information content (AvgIpc) is 3.08. The molecular formula is C22H32N4O2S. The van der Waals surface area contributed by atoms with Crippen molar-refractivity contribution in [2.45, 2.75) is 38.5 Å². The molecular weight excluding hydrogens is 384 g/mol. The van der Waals surface area contributed by atoms with Crippen LogP contribution in [0.1, 0.15) is 34.0 Å². The number of hydrogen-bond donors (Lipinski definition) is 2. The average molecular weight is 417 g/mol.